The first-order chi connectivity index (χ1) is 15.8. The summed E-state index contributed by atoms with van der Waals surface area (Å²) in [6, 6.07) is 12.8. The summed E-state index contributed by atoms with van der Waals surface area (Å²) < 4.78 is 44.3. The number of methoxy groups -OCH3 is 1. The van der Waals surface area contributed by atoms with Gasteiger partial charge in [0.1, 0.15) is 11.6 Å². The molecule has 3 aromatic rings. The standard InChI is InChI=1S/C22H24F3N7O/c1-33-18-7-3-5-16(13-18)27-21-29-19(28-20(26)30-21)14-31-8-10-32(11-9-31)17-6-2-4-15(12-17)22(23,24)25/h2-7,12-13H,8-11,14H2,1H3,(H3,26,27,28,29,30). The third kappa shape index (κ3) is 5.80. The number of nitrogens with two attached hydrogens (primary N) is 1. The Balaban J connectivity index is 1.38. The van der Waals surface area contributed by atoms with E-state index in [0.29, 0.717) is 55.9 Å². The van der Waals surface area contributed by atoms with E-state index in [0.717, 1.165) is 11.8 Å². The average molecular weight is 459 g/mol. The van der Waals surface area contributed by atoms with Gasteiger partial charge in [-0.1, -0.05) is 12.1 Å². The van der Waals surface area contributed by atoms with E-state index in [1.165, 1.54) is 12.1 Å². The number of anilines is 4. The highest BCUT2D eigenvalue weighted by Gasteiger charge is 2.31. The maximum Gasteiger partial charge on any atom is 0.416 e. The molecule has 0 saturated carbocycles. The Hall–Kier alpha value is -3.60. The van der Waals surface area contributed by atoms with Gasteiger partial charge in [-0.15, -0.1) is 0 Å². The Morgan fingerprint density at radius 1 is 1.00 bits per heavy atom. The maximum absolute atomic E-state index is 13.0. The minimum atomic E-state index is -4.35. The van der Waals surface area contributed by atoms with E-state index in [1.54, 1.807) is 13.2 Å². The highest BCUT2D eigenvalue weighted by Crippen LogP contribution is 2.32. The molecule has 1 aliphatic heterocycles. The van der Waals surface area contributed by atoms with Crippen molar-refractivity contribution >= 4 is 23.3 Å². The number of aromatic nitrogens is 3. The molecule has 0 spiro atoms. The molecule has 2 heterocycles. The van der Waals surface area contributed by atoms with Crippen LogP contribution in [0.25, 0.3) is 0 Å². The van der Waals surface area contributed by atoms with Gasteiger partial charge in [0.2, 0.25) is 11.9 Å². The SMILES string of the molecule is COc1cccc(Nc2nc(N)nc(CN3CCN(c4cccc(C(F)(F)F)c4)CC3)n2)c1. The molecule has 1 saturated heterocycles. The monoisotopic (exact) mass is 459 g/mol. The fraction of sp³-hybridized carbons (Fsp3) is 0.318. The van der Waals surface area contributed by atoms with Crippen LogP contribution in [0, 0.1) is 0 Å². The first-order valence-corrected chi connectivity index (χ1v) is 10.4. The van der Waals surface area contributed by atoms with Crippen molar-refractivity contribution in [1.29, 1.82) is 0 Å². The molecular weight excluding hydrogens is 435 g/mol. The van der Waals surface area contributed by atoms with Gasteiger partial charge >= 0.3 is 6.18 Å². The second-order valence-corrected chi connectivity index (χ2v) is 7.60. The molecule has 1 aromatic heterocycles. The smallest absolute Gasteiger partial charge is 0.416 e. The van der Waals surface area contributed by atoms with Gasteiger partial charge in [-0.3, -0.25) is 4.90 Å². The van der Waals surface area contributed by atoms with Gasteiger partial charge in [-0.2, -0.15) is 28.1 Å². The number of halogens is 3. The maximum atomic E-state index is 13.0. The lowest BCUT2D eigenvalue weighted by molar-refractivity contribution is -0.137. The lowest BCUT2D eigenvalue weighted by Crippen LogP contribution is -2.46. The van der Waals surface area contributed by atoms with E-state index in [1.807, 2.05) is 29.2 Å². The van der Waals surface area contributed by atoms with Crippen LogP contribution in [-0.2, 0) is 12.7 Å². The third-order valence-electron chi connectivity index (χ3n) is 5.30. The summed E-state index contributed by atoms with van der Waals surface area (Å²) in [4.78, 5) is 16.9. The Morgan fingerprint density at radius 3 is 2.48 bits per heavy atom. The molecule has 0 amide bonds. The molecule has 4 rings (SSSR count). The fourth-order valence-electron chi connectivity index (χ4n) is 3.64. The second-order valence-electron chi connectivity index (χ2n) is 7.60. The topological polar surface area (TPSA) is 92.4 Å². The molecular formula is C22H24F3N7O. The molecule has 174 valence electrons. The lowest BCUT2D eigenvalue weighted by Gasteiger charge is -2.36. The molecule has 2 aromatic carbocycles. The van der Waals surface area contributed by atoms with Crippen LogP contribution in [0.4, 0.5) is 36.4 Å². The van der Waals surface area contributed by atoms with Crippen molar-refractivity contribution in [2.75, 3.05) is 49.2 Å². The molecule has 3 N–H and O–H groups in total. The van der Waals surface area contributed by atoms with Crippen LogP contribution in [0.5, 0.6) is 5.75 Å². The quantitative estimate of drug-likeness (QED) is 0.578. The predicted molar refractivity (Wildman–Crippen MR) is 119 cm³/mol. The fourth-order valence-corrected chi connectivity index (χ4v) is 3.64. The van der Waals surface area contributed by atoms with Crippen LogP contribution in [0.15, 0.2) is 48.5 Å². The molecule has 0 unspecified atom stereocenters. The summed E-state index contributed by atoms with van der Waals surface area (Å²) in [5.74, 6) is 1.64. The minimum absolute atomic E-state index is 0.105. The van der Waals surface area contributed by atoms with Gasteiger partial charge in [-0.25, -0.2) is 0 Å². The van der Waals surface area contributed by atoms with Crippen LogP contribution in [0.1, 0.15) is 11.4 Å². The molecule has 8 nitrogen and oxygen atoms in total. The van der Waals surface area contributed by atoms with Crippen molar-refractivity contribution in [1.82, 2.24) is 19.9 Å². The van der Waals surface area contributed by atoms with Crippen LogP contribution in [0.2, 0.25) is 0 Å². The van der Waals surface area contributed by atoms with Gasteiger partial charge in [0, 0.05) is 43.6 Å². The second kappa shape index (κ2) is 9.49. The molecule has 1 fully saturated rings. The third-order valence-corrected chi connectivity index (χ3v) is 5.30. The molecule has 0 bridgehead atoms. The van der Waals surface area contributed by atoms with Crippen molar-refractivity contribution in [2.24, 2.45) is 0 Å². The van der Waals surface area contributed by atoms with Crippen molar-refractivity contribution in [3.63, 3.8) is 0 Å². The number of piperazine rings is 1. The van der Waals surface area contributed by atoms with Gasteiger partial charge < -0.3 is 20.7 Å². The van der Waals surface area contributed by atoms with Crippen molar-refractivity contribution in [2.45, 2.75) is 12.7 Å². The first kappa shape index (κ1) is 22.6. The molecule has 33 heavy (non-hydrogen) atoms. The highest BCUT2D eigenvalue weighted by atomic mass is 19.4. The van der Waals surface area contributed by atoms with E-state index >= 15 is 0 Å². The van der Waals surface area contributed by atoms with E-state index in [4.69, 9.17) is 10.5 Å². The zero-order valence-electron chi connectivity index (χ0n) is 18.0. The molecule has 11 heteroatoms. The molecule has 0 radical (unpaired) electrons. The zero-order chi connectivity index (χ0) is 23.4. The number of benzene rings is 2. The number of alkyl halides is 3. The summed E-state index contributed by atoms with van der Waals surface area (Å²) in [6.45, 7) is 2.95. The largest absolute Gasteiger partial charge is 0.497 e. The minimum Gasteiger partial charge on any atom is -0.497 e. The van der Waals surface area contributed by atoms with Gasteiger partial charge in [-0.05, 0) is 30.3 Å². The average Bonchev–Trinajstić information content (AvgIpc) is 2.79. The van der Waals surface area contributed by atoms with E-state index in [2.05, 4.69) is 25.2 Å². The summed E-state index contributed by atoms with van der Waals surface area (Å²) >= 11 is 0. The molecule has 0 aliphatic carbocycles. The van der Waals surface area contributed by atoms with Crippen LogP contribution in [0.3, 0.4) is 0 Å². The van der Waals surface area contributed by atoms with Crippen molar-refractivity contribution in [3.05, 3.63) is 59.9 Å². The van der Waals surface area contributed by atoms with Gasteiger partial charge in [0.25, 0.3) is 0 Å². The van der Waals surface area contributed by atoms with E-state index in [9.17, 15) is 13.2 Å². The van der Waals surface area contributed by atoms with Crippen molar-refractivity contribution < 1.29 is 17.9 Å². The lowest BCUT2D eigenvalue weighted by atomic mass is 10.1. The summed E-state index contributed by atoms with van der Waals surface area (Å²) in [6.07, 6.45) is -4.35. The number of ether oxygens (including phenoxy) is 1. The molecule has 1 aliphatic rings. The Bertz CT molecular complexity index is 1100. The number of hydrogen-bond donors (Lipinski definition) is 2. The normalized spacial score (nSPS) is 14.8. The summed E-state index contributed by atoms with van der Waals surface area (Å²) in [7, 11) is 1.59. The molecule has 0 atom stereocenters. The Kier molecular flexibility index (Phi) is 6.50. The zero-order valence-corrected chi connectivity index (χ0v) is 18.0. The van der Waals surface area contributed by atoms with E-state index in [-0.39, 0.29) is 5.95 Å². The predicted octanol–water partition coefficient (Wildman–Crippen LogP) is 3.55. The number of nitrogens with one attached hydrogen (secondary N) is 1. The van der Waals surface area contributed by atoms with Gasteiger partial charge in [0.15, 0.2) is 0 Å². The summed E-state index contributed by atoms with van der Waals surface area (Å²) in [5.41, 5.74) is 6.56. The van der Waals surface area contributed by atoms with Crippen molar-refractivity contribution in [3.8, 4) is 5.75 Å². The number of rotatable bonds is 6. The van der Waals surface area contributed by atoms with Gasteiger partial charge in [0.05, 0.1) is 19.2 Å². The number of hydrogen-bond acceptors (Lipinski definition) is 8. The first-order valence-electron chi connectivity index (χ1n) is 10.4. The van der Waals surface area contributed by atoms with E-state index < -0.39 is 11.7 Å². The van der Waals surface area contributed by atoms with Crippen LogP contribution < -0.4 is 20.7 Å². The number of nitrogens with zero attached hydrogens (tertiary/aromatic N) is 5. The van der Waals surface area contributed by atoms with Crippen LogP contribution >= 0.6 is 0 Å². The summed E-state index contributed by atoms with van der Waals surface area (Å²) in [5, 5.41) is 3.10. The van der Waals surface area contributed by atoms with Crippen LogP contribution in [-0.4, -0.2) is 53.1 Å². The highest BCUT2D eigenvalue weighted by molar-refractivity contribution is 5.56. The Morgan fingerprint density at radius 2 is 1.76 bits per heavy atom. The number of nitrogen functional groups attached to an aromatic ring is 1. The Labute approximate surface area is 189 Å².